The minimum absolute atomic E-state index is 0.0957. The van der Waals surface area contributed by atoms with Crippen molar-refractivity contribution in [2.24, 2.45) is 0 Å². The van der Waals surface area contributed by atoms with Gasteiger partial charge >= 0.3 is 6.09 Å². The van der Waals surface area contributed by atoms with E-state index in [1.165, 1.54) is 10.5 Å². The summed E-state index contributed by atoms with van der Waals surface area (Å²) in [6, 6.07) is 7.49. The van der Waals surface area contributed by atoms with E-state index in [1.54, 1.807) is 12.1 Å². The molecule has 0 aromatic heterocycles. The number of amides is 1. The molecule has 1 aliphatic rings. The van der Waals surface area contributed by atoms with Gasteiger partial charge in [0.05, 0.1) is 6.54 Å². The first kappa shape index (κ1) is 13.6. The number of hydrogen-bond acceptors (Lipinski definition) is 3. The summed E-state index contributed by atoms with van der Waals surface area (Å²) in [6.45, 7) is 4.98. The van der Waals surface area contributed by atoms with Gasteiger partial charge < -0.3 is 9.64 Å². The molecule has 0 aliphatic carbocycles. The van der Waals surface area contributed by atoms with Crippen molar-refractivity contribution in [1.29, 1.82) is 0 Å². The number of hydrogen-bond donors (Lipinski definition) is 0. The zero-order valence-corrected chi connectivity index (χ0v) is 11.4. The van der Waals surface area contributed by atoms with E-state index >= 15 is 0 Å². The third-order valence-electron chi connectivity index (χ3n) is 3.26. The predicted molar refractivity (Wildman–Crippen MR) is 72.4 cm³/mol. The largest absolute Gasteiger partial charge is 0.415 e. The van der Waals surface area contributed by atoms with Crippen LogP contribution < -0.4 is 4.74 Å². The number of likely N-dealkylation sites (tertiary alicyclic amines) is 1. The second kappa shape index (κ2) is 5.87. The maximum absolute atomic E-state index is 11.9. The number of piperidine rings is 1. The van der Waals surface area contributed by atoms with Crippen LogP contribution in [-0.2, 0) is 4.79 Å². The number of nitrogens with zero attached hydrogens (tertiary/aromatic N) is 1. The van der Waals surface area contributed by atoms with Gasteiger partial charge in [0.25, 0.3) is 0 Å². The van der Waals surface area contributed by atoms with Crippen molar-refractivity contribution >= 4 is 11.9 Å². The van der Waals surface area contributed by atoms with E-state index < -0.39 is 6.09 Å². The average molecular weight is 261 g/mol. The van der Waals surface area contributed by atoms with Crippen LogP contribution in [0.5, 0.6) is 5.75 Å². The highest BCUT2D eigenvalue weighted by Gasteiger charge is 2.22. The number of rotatable bonds is 2. The lowest BCUT2D eigenvalue weighted by molar-refractivity contribution is -0.121. The van der Waals surface area contributed by atoms with E-state index in [-0.39, 0.29) is 12.3 Å². The van der Waals surface area contributed by atoms with Gasteiger partial charge in [-0.15, -0.1) is 0 Å². The number of ether oxygens (including phenoxy) is 1. The lowest BCUT2D eigenvalue weighted by Crippen LogP contribution is -2.41. The first-order valence-corrected chi connectivity index (χ1v) is 6.64. The Hall–Kier alpha value is -1.84. The van der Waals surface area contributed by atoms with Crippen molar-refractivity contribution < 1.29 is 14.3 Å². The zero-order chi connectivity index (χ0) is 13.8. The van der Waals surface area contributed by atoms with Crippen LogP contribution in [0.1, 0.15) is 38.2 Å². The molecule has 0 N–H and O–H groups in total. The molecule has 0 atom stereocenters. The number of carbonyl (C=O) groups excluding carboxylic acids is 2. The Morgan fingerprint density at radius 3 is 2.53 bits per heavy atom. The fourth-order valence-electron chi connectivity index (χ4n) is 2.08. The molecule has 0 saturated carbocycles. The van der Waals surface area contributed by atoms with Gasteiger partial charge in [-0.05, 0) is 30.0 Å². The molecule has 2 rings (SSSR count). The van der Waals surface area contributed by atoms with Crippen LogP contribution in [0.3, 0.4) is 0 Å². The van der Waals surface area contributed by atoms with Crippen molar-refractivity contribution in [1.82, 2.24) is 4.90 Å². The highest BCUT2D eigenvalue weighted by Crippen LogP contribution is 2.19. The molecule has 1 aromatic rings. The van der Waals surface area contributed by atoms with E-state index in [0.29, 0.717) is 24.6 Å². The molecule has 1 amide bonds. The Balaban J connectivity index is 1.96. The van der Waals surface area contributed by atoms with Gasteiger partial charge in [-0.25, -0.2) is 4.79 Å². The fraction of sp³-hybridized carbons (Fsp3) is 0.467. The van der Waals surface area contributed by atoms with E-state index in [0.717, 1.165) is 6.42 Å². The second-order valence-corrected chi connectivity index (χ2v) is 5.16. The molecule has 4 nitrogen and oxygen atoms in total. The molecule has 0 spiro atoms. The molecule has 1 saturated heterocycles. The Bertz CT molecular complexity index is 465. The summed E-state index contributed by atoms with van der Waals surface area (Å²) in [5.41, 5.74) is 1.20. The SMILES string of the molecule is CC(C)c1ccc(OC(=O)N2CCCC(=O)C2)cc1. The van der Waals surface area contributed by atoms with Crippen LogP contribution in [0, 0.1) is 0 Å². The van der Waals surface area contributed by atoms with E-state index in [1.807, 2.05) is 12.1 Å². The number of Topliss-reactive ketones (excluding diaryl/α,β-unsaturated/α-hetero) is 1. The van der Waals surface area contributed by atoms with Crippen molar-refractivity contribution in [3.63, 3.8) is 0 Å². The third kappa shape index (κ3) is 3.56. The molecule has 1 fully saturated rings. The monoisotopic (exact) mass is 261 g/mol. The highest BCUT2D eigenvalue weighted by molar-refractivity contribution is 5.85. The summed E-state index contributed by atoms with van der Waals surface area (Å²) in [7, 11) is 0. The van der Waals surface area contributed by atoms with E-state index in [9.17, 15) is 9.59 Å². The Kier molecular flexibility index (Phi) is 4.20. The van der Waals surface area contributed by atoms with Crippen molar-refractivity contribution in [3.8, 4) is 5.75 Å². The van der Waals surface area contributed by atoms with Gasteiger partial charge in [0.15, 0.2) is 5.78 Å². The average Bonchev–Trinajstić information content (AvgIpc) is 2.39. The number of ketones is 1. The molecule has 0 unspecified atom stereocenters. The topological polar surface area (TPSA) is 46.6 Å². The second-order valence-electron chi connectivity index (χ2n) is 5.16. The van der Waals surface area contributed by atoms with Crippen molar-refractivity contribution in [2.45, 2.75) is 32.6 Å². The Labute approximate surface area is 113 Å². The standard InChI is InChI=1S/C15H19NO3/c1-11(2)12-5-7-14(8-6-12)19-15(18)16-9-3-4-13(17)10-16/h5-8,11H,3-4,9-10H2,1-2H3. The maximum atomic E-state index is 11.9. The highest BCUT2D eigenvalue weighted by atomic mass is 16.6. The van der Waals surface area contributed by atoms with Gasteiger partial charge in [0.1, 0.15) is 5.75 Å². The smallest absolute Gasteiger partial charge is 0.410 e. The molecular weight excluding hydrogens is 242 g/mol. The van der Waals surface area contributed by atoms with Crippen LogP contribution in [0.25, 0.3) is 0 Å². The molecule has 0 bridgehead atoms. The quantitative estimate of drug-likeness (QED) is 0.822. The summed E-state index contributed by atoms with van der Waals surface area (Å²) >= 11 is 0. The van der Waals surface area contributed by atoms with Gasteiger partial charge in [-0.3, -0.25) is 4.79 Å². The van der Waals surface area contributed by atoms with Crippen LogP contribution in [-0.4, -0.2) is 29.9 Å². The molecule has 1 aliphatic heterocycles. The molecule has 102 valence electrons. The lowest BCUT2D eigenvalue weighted by atomic mass is 10.0. The number of carbonyl (C=O) groups is 2. The molecule has 19 heavy (non-hydrogen) atoms. The fourth-order valence-corrected chi connectivity index (χ4v) is 2.08. The summed E-state index contributed by atoms with van der Waals surface area (Å²) in [5, 5.41) is 0. The minimum Gasteiger partial charge on any atom is -0.410 e. The van der Waals surface area contributed by atoms with Crippen LogP contribution in [0.4, 0.5) is 4.79 Å². The first-order chi connectivity index (χ1) is 9.06. The molecule has 0 radical (unpaired) electrons. The van der Waals surface area contributed by atoms with Gasteiger partial charge in [0, 0.05) is 13.0 Å². The normalized spacial score (nSPS) is 15.7. The van der Waals surface area contributed by atoms with Gasteiger partial charge in [0.2, 0.25) is 0 Å². The Morgan fingerprint density at radius 2 is 1.95 bits per heavy atom. The first-order valence-electron chi connectivity index (χ1n) is 6.64. The third-order valence-corrected chi connectivity index (χ3v) is 3.26. The maximum Gasteiger partial charge on any atom is 0.415 e. The van der Waals surface area contributed by atoms with Crippen LogP contribution in [0.2, 0.25) is 0 Å². The Morgan fingerprint density at radius 1 is 1.26 bits per heavy atom. The lowest BCUT2D eigenvalue weighted by Gasteiger charge is -2.24. The minimum atomic E-state index is -0.439. The van der Waals surface area contributed by atoms with Gasteiger partial charge in [-0.1, -0.05) is 26.0 Å². The van der Waals surface area contributed by atoms with E-state index in [2.05, 4.69) is 13.8 Å². The zero-order valence-electron chi connectivity index (χ0n) is 11.4. The number of benzene rings is 1. The molecule has 1 aromatic carbocycles. The summed E-state index contributed by atoms with van der Waals surface area (Å²) in [4.78, 5) is 24.6. The van der Waals surface area contributed by atoms with Crippen molar-refractivity contribution in [2.75, 3.05) is 13.1 Å². The summed E-state index contributed by atoms with van der Waals surface area (Å²) in [6.07, 6.45) is 0.845. The van der Waals surface area contributed by atoms with E-state index in [4.69, 9.17) is 4.74 Å². The molecule has 4 heteroatoms. The van der Waals surface area contributed by atoms with Crippen LogP contribution in [0.15, 0.2) is 24.3 Å². The predicted octanol–water partition coefficient (Wildman–Crippen LogP) is 2.97. The summed E-state index contributed by atoms with van der Waals surface area (Å²) < 4.78 is 5.27. The van der Waals surface area contributed by atoms with Gasteiger partial charge in [-0.2, -0.15) is 0 Å². The van der Waals surface area contributed by atoms with Crippen LogP contribution >= 0.6 is 0 Å². The van der Waals surface area contributed by atoms with Crippen molar-refractivity contribution in [3.05, 3.63) is 29.8 Å². The molecule has 1 heterocycles. The summed E-state index contributed by atoms with van der Waals surface area (Å²) in [5.74, 6) is 1.07. The molecular formula is C15H19NO3.